The number of hydrogen-bond acceptors (Lipinski definition) is 7. The fourth-order valence-electron chi connectivity index (χ4n) is 2.15. The van der Waals surface area contributed by atoms with E-state index in [9.17, 15) is 19.2 Å². The van der Waals surface area contributed by atoms with Crippen LogP contribution in [0.5, 0.6) is 0 Å². The summed E-state index contributed by atoms with van der Waals surface area (Å²) in [6.07, 6.45) is -2.65. The molecule has 0 fully saturated rings. The van der Waals surface area contributed by atoms with Crippen LogP contribution in [-0.2, 0) is 14.2 Å². The van der Waals surface area contributed by atoms with Crippen LogP contribution in [0, 0.1) is 0 Å². The Hall–Kier alpha value is -3.10. The summed E-state index contributed by atoms with van der Waals surface area (Å²) in [5, 5.41) is 1.17. The van der Waals surface area contributed by atoms with Crippen LogP contribution in [0.2, 0.25) is 0 Å². The highest BCUT2D eigenvalue weighted by molar-refractivity contribution is 5.99. The molecule has 0 aliphatic rings. The van der Waals surface area contributed by atoms with E-state index in [1.807, 2.05) is 0 Å². The molecule has 0 saturated carbocycles. The van der Waals surface area contributed by atoms with Gasteiger partial charge >= 0.3 is 18.3 Å². The van der Waals surface area contributed by atoms with E-state index in [0.717, 1.165) is 5.01 Å². The molecule has 1 rings (SSSR count). The standard InChI is InChI=1S/C22H32N2O7/c1-20(2,3)29-17(26)23(16-12-10-15(14-25)11-13-16)24(18(27)30-21(4,5)6)19(28)31-22(7,8)9/h10-14H,1-9H3. The number of aldehydes is 1. The molecule has 0 aromatic heterocycles. The molecule has 9 nitrogen and oxygen atoms in total. The molecule has 0 unspecified atom stereocenters. The fraction of sp³-hybridized carbons (Fsp3) is 0.545. The minimum Gasteiger partial charge on any atom is -0.442 e. The Balaban J connectivity index is 3.59. The third-order valence-corrected chi connectivity index (χ3v) is 3.17. The number of carbonyl (C=O) groups excluding carboxylic acids is 4. The Kier molecular flexibility index (Phi) is 7.83. The van der Waals surface area contributed by atoms with Gasteiger partial charge < -0.3 is 14.2 Å². The number of imide groups is 1. The number of nitrogens with zero attached hydrogens (tertiary/aromatic N) is 2. The van der Waals surface area contributed by atoms with Crippen LogP contribution in [-0.4, -0.2) is 46.4 Å². The largest absolute Gasteiger partial charge is 0.442 e. The van der Waals surface area contributed by atoms with Gasteiger partial charge in [-0.15, -0.1) is 5.01 Å². The maximum atomic E-state index is 13.1. The maximum Gasteiger partial charge on any atom is 0.440 e. The summed E-state index contributed by atoms with van der Waals surface area (Å²) in [4.78, 5) is 50.1. The number of amides is 3. The number of hydrazine groups is 1. The van der Waals surface area contributed by atoms with Crippen molar-refractivity contribution >= 4 is 30.3 Å². The number of hydrogen-bond donors (Lipinski definition) is 0. The third kappa shape index (κ3) is 8.65. The summed E-state index contributed by atoms with van der Waals surface area (Å²) in [5.74, 6) is 0. The molecular formula is C22H32N2O7. The van der Waals surface area contributed by atoms with Crippen molar-refractivity contribution in [2.24, 2.45) is 0 Å². The lowest BCUT2D eigenvalue weighted by Crippen LogP contribution is -2.56. The number of anilines is 1. The summed E-state index contributed by atoms with van der Waals surface area (Å²) in [6, 6.07) is 5.66. The first-order chi connectivity index (χ1) is 13.9. The van der Waals surface area contributed by atoms with Gasteiger partial charge in [-0.3, -0.25) is 4.79 Å². The minimum absolute atomic E-state index is 0.0940. The van der Waals surface area contributed by atoms with E-state index >= 15 is 0 Å². The molecule has 0 radical (unpaired) electrons. The molecule has 0 aliphatic carbocycles. The quantitative estimate of drug-likeness (QED) is 0.351. The summed E-state index contributed by atoms with van der Waals surface area (Å²) in [5.41, 5.74) is -2.41. The maximum absolute atomic E-state index is 13.1. The van der Waals surface area contributed by atoms with Gasteiger partial charge in [0.15, 0.2) is 0 Å². The Morgan fingerprint density at radius 1 is 0.677 bits per heavy atom. The van der Waals surface area contributed by atoms with Crippen LogP contribution >= 0.6 is 0 Å². The molecule has 0 spiro atoms. The average molecular weight is 437 g/mol. The lowest BCUT2D eigenvalue weighted by atomic mass is 10.2. The monoisotopic (exact) mass is 436 g/mol. The Morgan fingerprint density at radius 3 is 1.35 bits per heavy atom. The second kappa shape index (κ2) is 9.36. The van der Waals surface area contributed by atoms with Crippen molar-refractivity contribution in [1.29, 1.82) is 0 Å². The van der Waals surface area contributed by atoms with E-state index < -0.39 is 35.1 Å². The number of ether oxygens (including phenoxy) is 3. The summed E-state index contributed by atoms with van der Waals surface area (Å²) in [6.45, 7) is 14.6. The Morgan fingerprint density at radius 2 is 1.03 bits per heavy atom. The van der Waals surface area contributed by atoms with E-state index in [4.69, 9.17) is 14.2 Å². The number of carbonyl (C=O) groups is 4. The van der Waals surface area contributed by atoms with Gasteiger partial charge in [-0.25, -0.2) is 14.4 Å². The van der Waals surface area contributed by atoms with E-state index in [2.05, 4.69) is 0 Å². The van der Waals surface area contributed by atoms with Gasteiger partial charge in [-0.2, -0.15) is 5.01 Å². The highest BCUT2D eigenvalue weighted by Gasteiger charge is 2.41. The van der Waals surface area contributed by atoms with Gasteiger partial charge in [0.25, 0.3) is 0 Å². The van der Waals surface area contributed by atoms with Crippen molar-refractivity contribution in [3.05, 3.63) is 29.8 Å². The molecule has 31 heavy (non-hydrogen) atoms. The van der Waals surface area contributed by atoms with Crippen LogP contribution in [0.15, 0.2) is 24.3 Å². The Bertz CT molecular complexity index is 784. The minimum atomic E-state index is -1.13. The highest BCUT2D eigenvalue weighted by Crippen LogP contribution is 2.25. The highest BCUT2D eigenvalue weighted by atomic mass is 16.6. The van der Waals surface area contributed by atoms with E-state index in [0.29, 0.717) is 16.9 Å². The van der Waals surface area contributed by atoms with Crippen molar-refractivity contribution in [1.82, 2.24) is 5.01 Å². The van der Waals surface area contributed by atoms with Gasteiger partial charge in [-0.05, 0) is 86.6 Å². The third-order valence-electron chi connectivity index (χ3n) is 3.17. The molecule has 9 heteroatoms. The van der Waals surface area contributed by atoms with Crippen molar-refractivity contribution in [3.8, 4) is 0 Å². The fourth-order valence-corrected chi connectivity index (χ4v) is 2.15. The van der Waals surface area contributed by atoms with Crippen LogP contribution in [0.25, 0.3) is 0 Å². The first-order valence-electron chi connectivity index (χ1n) is 9.78. The second-order valence-corrected chi connectivity index (χ2v) is 9.77. The topological polar surface area (TPSA) is 102 Å². The van der Waals surface area contributed by atoms with Crippen LogP contribution in [0.4, 0.5) is 20.1 Å². The zero-order valence-electron chi connectivity index (χ0n) is 19.6. The predicted molar refractivity (Wildman–Crippen MR) is 115 cm³/mol. The number of rotatable bonds is 2. The van der Waals surface area contributed by atoms with Crippen molar-refractivity contribution < 1.29 is 33.4 Å². The molecule has 3 amide bonds. The van der Waals surface area contributed by atoms with Gasteiger partial charge in [0, 0.05) is 5.56 Å². The van der Waals surface area contributed by atoms with Crippen molar-refractivity contribution in [2.45, 2.75) is 79.1 Å². The van der Waals surface area contributed by atoms with Crippen LogP contribution in [0.1, 0.15) is 72.7 Å². The summed E-state index contributed by atoms with van der Waals surface area (Å²) >= 11 is 0. The normalized spacial score (nSPS) is 11.9. The Labute approximate surface area is 183 Å². The predicted octanol–water partition coefficient (Wildman–Crippen LogP) is 5.33. The molecular weight excluding hydrogens is 404 g/mol. The first kappa shape index (κ1) is 25.9. The van der Waals surface area contributed by atoms with Gasteiger partial charge in [0.05, 0.1) is 5.69 Å². The number of benzene rings is 1. The molecule has 1 aromatic rings. The molecule has 0 heterocycles. The average Bonchev–Trinajstić information content (AvgIpc) is 2.54. The zero-order valence-corrected chi connectivity index (χ0v) is 19.6. The molecule has 1 aromatic carbocycles. The van der Waals surface area contributed by atoms with Gasteiger partial charge in [-0.1, -0.05) is 0 Å². The zero-order chi connectivity index (χ0) is 24.2. The van der Waals surface area contributed by atoms with E-state index in [1.54, 1.807) is 62.3 Å². The SMILES string of the molecule is CC(C)(C)OC(=O)N(C(=O)OC(C)(C)C)N(C(=O)OC(C)(C)C)c1ccc(C=O)cc1. The molecule has 0 saturated heterocycles. The van der Waals surface area contributed by atoms with Gasteiger partial charge in [0.2, 0.25) is 0 Å². The smallest absolute Gasteiger partial charge is 0.440 e. The molecule has 0 atom stereocenters. The molecule has 0 bridgehead atoms. The molecule has 0 aliphatic heterocycles. The summed E-state index contributed by atoms with van der Waals surface area (Å²) in [7, 11) is 0. The second-order valence-electron chi connectivity index (χ2n) is 9.77. The molecule has 172 valence electrons. The lowest BCUT2D eigenvalue weighted by molar-refractivity contribution is -0.00668. The van der Waals surface area contributed by atoms with Crippen molar-refractivity contribution in [3.63, 3.8) is 0 Å². The van der Waals surface area contributed by atoms with Gasteiger partial charge in [0.1, 0.15) is 23.1 Å². The lowest BCUT2D eigenvalue weighted by Gasteiger charge is -2.35. The van der Waals surface area contributed by atoms with Crippen LogP contribution in [0.3, 0.4) is 0 Å². The molecule has 0 N–H and O–H groups in total. The summed E-state index contributed by atoms with van der Waals surface area (Å²) < 4.78 is 16.1. The first-order valence-corrected chi connectivity index (χ1v) is 9.78. The van der Waals surface area contributed by atoms with E-state index in [1.165, 1.54) is 24.3 Å². The van der Waals surface area contributed by atoms with Crippen molar-refractivity contribution in [2.75, 3.05) is 5.01 Å². The van der Waals surface area contributed by atoms with Crippen LogP contribution < -0.4 is 5.01 Å². The van der Waals surface area contributed by atoms with E-state index in [-0.39, 0.29) is 5.69 Å².